The molecule has 2 aliphatic rings. The van der Waals surface area contributed by atoms with E-state index in [0.29, 0.717) is 12.6 Å². The Morgan fingerprint density at radius 2 is 2.12 bits per heavy atom. The Morgan fingerprint density at radius 3 is 2.53 bits per heavy atom. The molecule has 0 saturated carbocycles. The molecule has 98 valence electrons. The zero-order valence-electron chi connectivity index (χ0n) is 10.8. The van der Waals surface area contributed by atoms with Crippen LogP contribution in [-0.2, 0) is 4.74 Å². The van der Waals surface area contributed by atoms with Crippen LogP contribution in [0.3, 0.4) is 0 Å². The molecule has 2 saturated heterocycles. The molecule has 2 heterocycles. The van der Waals surface area contributed by atoms with Crippen molar-refractivity contribution in [1.29, 1.82) is 0 Å². The average Bonchev–Trinajstić information content (AvgIpc) is 2.87. The second-order valence-corrected chi connectivity index (χ2v) is 5.32. The molecule has 2 unspecified atom stereocenters. The largest absolute Gasteiger partial charge is 0.392 e. The van der Waals surface area contributed by atoms with Crippen molar-refractivity contribution in [3.8, 4) is 0 Å². The van der Waals surface area contributed by atoms with Crippen LogP contribution in [0, 0.1) is 0 Å². The molecular weight excluding hydrogens is 220 g/mol. The Labute approximate surface area is 102 Å². The standard InChI is InChI=1S/C12H22N2O3/c1-9(15)8-13(3)11(16)14-6-4-12(5-7-14)10(2)17-12/h9-10,15H,4-8H2,1-3H3. The van der Waals surface area contributed by atoms with E-state index in [2.05, 4.69) is 6.92 Å². The molecule has 5 nitrogen and oxygen atoms in total. The number of carbonyl (C=O) groups excluding carboxylic acids is 1. The monoisotopic (exact) mass is 242 g/mol. The SMILES string of the molecule is CC(O)CN(C)C(=O)N1CCC2(CC1)OC2C. The first-order valence-electron chi connectivity index (χ1n) is 6.30. The van der Waals surface area contributed by atoms with Gasteiger partial charge in [-0.05, 0) is 26.7 Å². The summed E-state index contributed by atoms with van der Waals surface area (Å²) < 4.78 is 5.61. The van der Waals surface area contributed by atoms with Gasteiger partial charge in [-0.1, -0.05) is 0 Å². The number of likely N-dealkylation sites (tertiary alicyclic amines) is 1. The molecular formula is C12H22N2O3. The van der Waals surface area contributed by atoms with Crippen molar-refractivity contribution < 1.29 is 14.6 Å². The second kappa shape index (κ2) is 4.46. The lowest BCUT2D eigenvalue weighted by Gasteiger charge is -2.34. The number of aliphatic hydroxyl groups excluding tert-OH is 1. The van der Waals surface area contributed by atoms with E-state index in [1.165, 1.54) is 0 Å². The average molecular weight is 242 g/mol. The number of aliphatic hydroxyl groups is 1. The van der Waals surface area contributed by atoms with Gasteiger partial charge in [0, 0.05) is 26.7 Å². The van der Waals surface area contributed by atoms with Crippen molar-refractivity contribution >= 4 is 6.03 Å². The van der Waals surface area contributed by atoms with Crippen LogP contribution in [0.15, 0.2) is 0 Å². The van der Waals surface area contributed by atoms with Crippen molar-refractivity contribution in [2.75, 3.05) is 26.7 Å². The second-order valence-electron chi connectivity index (χ2n) is 5.32. The summed E-state index contributed by atoms with van der Waals surface area (Å²) in [6.07, 6.45) is 1.74. The maximum atomic E-state index is 12.0. The molecule has 2 fully saturated rings. The summed E-state index contributed by atoms with van der Waals surface area (Å²) in [5.74, 6) is 0. The summed E-state index contributed by atoms with van der Waals surface area (Å²) in [6.45, 7) is 5.68. The lowest BCUT2D eigenvalue weighted by Crippen LogP contribution is -2.48. The summed E-state index contributed by atoms with van der Waals surface area (Å²) in [5.41, 5.74) is 0.0691. The van der Waals surface area contributed by atoms with Gasteiger partial charge in [-0.25, -0.2) is 4.79 Å². The van der Waals surface area contributed by atoms with E-state index in [9.17, 15) is 9.90 Å². The summed E-state index contributed by atoms with van der Waals surface area (Å²) in [5, 5.41) is 9.27. The highest BCUT2D eigenvalue weighted by molar-refractivity contribution is 5.74. The van der Waals surface area contributed by atoms with Gasteiger partial charge in [-0.2, -0.15) is 0 Å². The molecule has 5 heteroatoms. The molecule has 0 bridgehead atoms. The molecule has 0 aromatic carbocycles. The van der Waals surface area contributed by atoms with Crippen LogP contribution in [0.2, 0.25) is 0 Å². The molecule has 0 aromatic rings. The smallest absolute Gasteiger partial charge is 0.319 e. The lowest BCUT2D eigenvalue weighted by atomic mass is 9.94. The predicted octanol–water partition coefficient (Wildman–Crippen LogP) is 0.672. The summed E-state index contributed by atoms with van der Waals surface area (Å²) >= 11 is 0. The summed E-state index contributed by atoms with van der Waals surface area (Å²) in [6, 6.07) is 0.00838. The topological polar surface area (TPSA) is 56.3 Å². The number of hydrogen-bond donors (Lipinski definition) is 1. The number of likely N-dealkylation sites (N-methyl/N-ethyl adjacent to an activating group) is 1. The van der Waals surface area contributed by atoms with Crippen molar-refractivity contribution in [3.05, 3.63) is 0 Å². The van der Waals surface area contributed by atoms with E-state index in [0.717, 1.165) is 25.9 Å². The molecule has 0 aliphatic carbocycles. The van der Waals surface area contributed by atoms with Crippen molar-refractivity contribution in [2.45, 2.75) is 44.5 Å². The molecule has 0 radical (unpaired) electrons. The number of amides is 2. The minimum Gasteiger partial charge on any atom is -0.392 e. The fourth-order valence-corrected chi connectivity index (χ4v) is 2.63. The Bertz CT molecular complexity index is 298. The van der Waals surface area contributed by atoms with Gasteiger partial charge in [-0.3, -0.25) is 0 Å². The number of epoxide rings is 1. The molecule has 2 aliphatic heterocycles. The molecule has 2 amide bonds. The predicted molar refractivity (Wildman–Crippen MR) is 63.8 cm³/mol. The van der Waals surface area contributed by atoms with Gasteiger partial charge in [0.2, 0.25) is 0 Å². The molecule has 1 N–H and O–H groups in total. The maximum absolute atomic E-state index is 12.0. The zero-order valence-corrected chi connectivity index (χ0v) is 10.8. The number of ether oxygens (including phenoxy) is 1. The Balaban J connectivity index is 1.82. The van der Waals surface area contributed by atoms with Crippen LogP contribution >= 0.6 is 0 Å². The fraction of sp³-hybridized carbons (Fsp3) is 0.917. The number of piperidine rings is 1. The third-order valence-corrected chi connectivity index (χ3v) is 3.84. The third-order valence-electron chi connectivity index (χ3n) is 3.84. The minimum absolute atomic E-state index is 0.00838. The molecule has 1 spiro atoms. The van der Waals surface area contributed by atoms with Crippen LogP contribution in [0.4, 0.5) is 4.79 Å². The quantitative estimate of drug-likeness (QED) is 0.724. The highest BCUT2D eigenvalue weighted by atomic mass is 16.6. The van der Waals surface area contributed by atoms with Gasteiger partial charge >= 0.3 is 6.03 Å². The van der Waals surface area contributed by atoms with Crippen LogP contribution in [0.1, 0.15) is 26.7 Å². The fourth-order valence-electron chi connectivity index (χ4n) is 2.63. The minimum atomic E-state index is -0.480. The van der Waals surface area contributed by atoms with E-state index in [1.807, 2.05) is 4.90 Å². The number of urea groups is 1. The normalized spacial score (nSPS) is 28.0. The van der Waals surface area contributed by atoms with Crippen LogP contribution in [-0.4, -0.2) is 65.4 Å². The van der Waals surface area contributed by atoms with Gasteiger partial charge in [0.1, 0.15) is 0 Å². The van der Waals surface area contributed by atoms with Gasteiger partial charge in [0.05, 0.1) is 17.8 Å². The first-order chi connectivity index (χ1) is 7.94. The third kappa shape index (κ3) is 2.55. The van der Waals surface area contributed by atoms with Crippen LogP contribution in [0.5, 0.6) is 0 Å². The molecule has 2 atom stereocenters. The van der Waals surface area contributed by atoms with Gasteiger partial charge < -0.3 is 19.6 Å². The lowest BCUT2D eigenvalue weighted by molar-refractivity contribution is 0.105. The number of hydrogen-bond acceptors (Lipinski definition) is 3. The number of nitrogens with zero attached hydrogens (tertiary/aromatic N) is 2. The molecule has 0 aromatic heterocycles. The van der Waals surface area contributed by atoms with Crippen molar-refractivity contribution in [1.82, 2.24) is 9.80 Å². The van der Waals surface area contributed by atoms with Gasteiger partial charge in [0.25, 0.3) is 0 Å². The van der Waals surface area contributed by atoms with Crippen molar-refractivity contribution in [3.63, 3.8) is 0 Å². The molecule has 2 rings (SSSR count). The van der Waals surface area contributed by atoms with E-state index < -0.39 is 6.10 Å². The Morgan fingerprint density at radius 1 is 1.59 bits per heavy atom. The zero-order chi connectivity index (χ0) is 12.6. The van der Waals surface area contributed by atoms with E-state index in [1.54, 1.807) is 18.9 Å². The van der Waals surface area contributed by atoms with Gasteiger partial charge in [-0.15, -0.1) is 0 Å². The van der Waals surface area contributed by atoms with Crippen LogP contribution < -0.4 is 0 Å². The van der Waals surface area contributed by atoms with E-state index >= 15 is 0 Å². The Kier molecular flexibility index (Phi) is 3.32. The number of carbonyl (C=O) groups is 1. The highest BCUT2D eigenvalue weighted by Crippen LogP contribution is 2.44. The Hall–Kier alpha value is -0.810. The highest BCUT2D eigenvalue weighted by Gasteiger charge is 2.54. The maximum Gasteiger partial charge on any atom is 0.319 e. The van der Waals surface area contributed by atoms with E-state index in [-0.39, 0.29) is 11.6 Å². The first kappa shape index (κ1) is 12.6. The molecule has 17 heavy (non-hydrogen) atoms. The summed E-state index contributed by atoms with van der Waals surface area (Å²) in [7, 11) is 1.73. The summed E-state index contributed by atoms with van der Waals surface area (Å²) in [4.78, 5) is 15.5. The van der Waals surface area contributed by atoms with Gasteiger partial charge in [0.15, 0.2) is 0 Å². The van der Waals surface area contributed by atoms with Crippen molar-refractivity contribution in [2.24, 2.45) is 0 Å². The van der Waals surface area contributed by atoms with E-state index in [4.69, 9.17) is 4.74 Å². The number of rotatable bonds is 2. The van der Waals surface area contributed by atoms with Crippen LogP contribution in [0.25, 0.3) is 0 Å². The first-order valence-corrected chi connectivity index (χ1v) is 6.30.